The normalized spacial score (nSPS) is 12.8. The van der Waals surface area contributed by atoms with Gasteiger partial charge in [-0.1, -0.05) is 53.9 Å². The molecule has 0 fully saturated rings. The quantitative estimate of drug-likeness (QED) is 0.416. The molecule has 0 bridgehead atoms. The molecular formula is C24H30Cl2N2O2S. The Morgan fingerprint density at radius 1 is 1.06 bits per heavy atom. The van der Waals surface area contributed by atoms with Crippen molar-refractivity contribution in [2.24, 2.45) is 0 Å². The maximum atomic E-state index is 13.2. The van der Waals surface area contributed by atoms with Gasteiger partial charge in [-0.15, -0.1) is 11.8 Å². The number of thioether (sulfide) groups is 1. The number of rotatable bonds is 10. The zero-order valence-electron chi connectivity index (χ0n) is 18.5. The number of benzene rings is 2. The molecule has 2 aromatic rings. The minimum absolute atomic E-state index is 0.0351. The molecule has 0 aliphatic heterocycles. The van der Waals surface area contributed by atoms with Gasteiger partial charge in [0.1, 0.15) is 6.04 Å². The Morgan fingerprint density at radius 3 is 2.26 bits per heavy atom. The lowest BCUT2D eigenvalue weighted by atomic mass is 10.1. The van der Waals surface area contributed by atoms with Crippen LogP contribution in [0.4, 0.5) is 0 Å². The maximum absolute atomic E-state index is 13.2. The molecule has 1 N–H and O–H groups in total. The van der Waals surface area contributed by atoms with Crippen LogP contribution in [-0.4, -0.2) is 34.6 Å². The molecule has 4 nitrogen and oxygen atoms in total. The topological polar surface area (TPSA) is 49.4 Å². The van der Waals surface area contributed by atoms with Gasteiger partial charge in [0.2, 0.25) is 11.8 Å². The van der Waals surface area contributed by atoms with Gasteiger partial charge >= 0.3 is 0 Å². The van der Waals surface area contributed by atoms with Gasteiger partial charge in [0.05, 0.1) is 0 Å². The summed E-state index contributed by atoms with van der Waals surface area (Å²) in [6.45, 7) is 7.92. The van der Waals surface area contributed by atoms with Crippen molar-refractivity contribution in [1.29, 1.82) is 0 Å². The highest BCUT2D eigenvalue weighted by Crippen LogP contribution is 2.27. The lowest BCUT2D eigenvalue weighted by Crippen LogP contribution is -2.49. The van der Waals surface area contributed by atoms with E-state index < -0.39 is 6.04 Å². The van der Waals surface area contributed by atoms with E-state index in [0.717, 1.165) is 11.3 Å². The van der Waals surface area contributed by atoms with Crippen LogP contribution in [0.25, 0.3) is 0 Å². The molecule has 31 heavy (non-hydrogen) atoms. The summed E-state index contributed by atoms with van der Waals surface area (Å²) in [4.78, 5) is 28.6. The third-order valence-electron chi connectivity index (χ3n) is 5.16. The first-order chi connectivity index (χ1) is 14.7. The summed E-state index contributed by atoms with van der Waals surface area (Å²) in [6, 6.07) is 12.8. The monoisotopic (exact) mass is 480 g/mol. The number of carbonyl (C=O) groups excluding carboxylic acids is 2. The summed E-state index contributed by atoms with van der Waals surface area (Å²) < 4.78 is 0. The van der Waals surface area contributed by atoms with Crippen LogP contribution in [0.3, 0.4) is 0 Å². The molecule has 0 aromatic heterocycles. The fourth-order valence-electron chi connectivity index (χ4n) is 2.94. The van der Waals surface area contributed by atoms with Crippen molar-refractivity contribution in [2.45, 2.75) is 64.1 Å². The van der Waals surface area contributed by atoms with Gasteiger partial charge in [0, 0.05) is 45.3 Å². The molecule has 0 heterocycles. The summed E-state index contributed by atoms with van der Waals surface area (Å²) in [5, 5.41) is 3.92. The standard InChI is InChI=1S/C24H30Cl2N2O2S/c1-5-17(3)27-24(30)18(4)28(15-20-21(25)7-6-8-22(20)26)23(29)13-14-31-19-11-9-16(2)10-12-19/h6-12,17-18H,5,13-15H2,1-4H3,(H,27,30)/t17-,18-/m0/s1. The molecule has 168 valence electrons. The SMILES string of the molecule is CC[C@H](C)NC(=O)[C@H](C)N(Cc1c(Cl)cccc1Cl)C(=O)CCSc1ccc(C)cc1. The molecule has 0 unspecified atom stereocenters. The first kappa shape index (κ1) is 25.6. The van der Waals surface area contributed by atoms with E-state index in [-0.39, 0.29) is 24.4 Å². The second-order valence-electron chi connectivity index (χ2n) is 7.63. The average Bonchev–Trinajstić information content (AvgIpc) is 2.74. The second kappa shape index (κ2) is 12.4. The fourth-order valence-corrected chi connectivity index (χ4v) is 4.29. The Morgan fingerprint density at radius 2 is 1.68 bits per heavy atom. The Hall–Kier alpha value is -1.69. The molecule has 0 aliphatic carbocycles. The Kier molecular flexibility index (Phi) is 10.2. The van der Waals surface area contributed by atoms with Crippen LogP contribution in [0, 0.1) is 6.92 Å². The van der Waals surface area contributed by atoms with Crippen molar-refractivity contribution in [3.05, 3.63) is 63.6 Å². The van der Waals surface area contributed by atoms with E-state index in [1.165, 1.54) is 5.56 Å². The zero-order valence-corrected chi connectivity index (χ0v) is 20.8. The highest BCUT2D eigenvalue weighted by atomic mass is 35.5. The maximum Gasteiger partial charge on any atom is 0.242 e. The van der Waals surface area contributed by atoms with Crippen molar-refractivity contribution in [3.8, 4) is 0 Å². The van der Waals surface area contributed by atoms with Crippen LogP contribution in [-0.2, 0) is 16.1 Å². The first-order valence-corrected chi connectivity index (χ1v) is 12.2. The highest BCUT2D eigenvalue weighted by Gasteiger charge is 2.27. The highest BCUT2D eigenvalue weighted by molar-refractivity contribution is 7.99. The van der Waals surface area contributed by atoms with Crippen LogP contribution in [0.2, 0.25) is 10.0 Å². The first-order valence-electron chi connectivity index (χ1n) is 10.4. The lowest BCUT2D eigenvalue weighted by molar-refractivity contribution is -0.140. The Bertz CT molecular complexity index is 869. The van der Waals surface area contributed by atoms with Gasteiger partial charge in [-0.2, -0.15) is 0 Å². The number of nitrogens with zero attached hydrogens (tertiary/aromatic N) is 1. The van der Waals surface area contributed by atoms with E-state index in [1.54, 1.807) is 41.8 Å². The predicted octanol–water partition coefficient (Wildman–Crippen LogP) is 6.12. The smallest absolute Gasteiger partial charge is 0.242 e. The number of amides is 2. The molecular weight excluding hydrogens is 451 g/mol. The number of carbonyl (C=O) groups is 2. The van der Waals surface area contributed by atoms with Gasteiger partial charge in [0.15, 0.2) is 0 Å². The van der Waals surface area contributed by atoms with Gasteiger partial charge in [0.25, 0.3) is 0 Å². The van der Waals surface area contributed by atoms with Crippen LogP contribution >= 0.6 is 35.0 Å². The molecule has 0 spiro atoms. The zero-order chi connectivity index (χ0) is 23.0. The second-order valence-corrected chi connectivity index (χ2v) is 9.61. The van der Waals surface area contributed by atoms with Gasteiger partial charge in [-0.3, -0.25) is 9.59 Å². The molecule has 2 atom stereocenters. The summed E-state index contributed by atoms with van der Waals surface area (Å²) in [5.41, 5.74) is 1.85. The van der Waals surface area contributed by atoms with E-state index in [1.807, 2.05) is 32.9 Å². The van der Waals surface area contributed by atoms with Crippen LogP contribution < -0.4 is 5.32 Å². The van der Waals surface area contributed by atoms with Crippen molar-refractivity contribution in [2.75, 3.05) is 5.75 Å². The van der Waals surface area contributed by atoms with E-state index in [4.69, 9.17) is 23.2 Å². The largest absolute Gasteiger partial charge is 0.352 e. The number of hydrogen-bond donors (Lipinski definition) is 1. The van der Waals surface area contributed by atoms with Crippen LogP contribution in [0.15, 0.2) is 47.4 Å². The van der Waals surface area contributed by atoms with Gasteiger partial charge < -0.3 is 10.2 Å². The molecule has 0 radical (unpaired) electrons. The minimum atomic E-state index is -0.641. The van der Waals surface area contributed by atoms with Crippen molar-refractivity contribution >= 4 is 46.8 Å². The number of aryl methyl sites for hydroxylation is 1. The summed E-state index contributed by atoms with van der Waals surface area (Å²) in [5.74, 6) is 0.327. The van der Waals surface area contributed by atoms with Crippen LogP contribution in [0.1, 0.15) is 44.7 Å². The molecule has 2 rings (SSSR count). The van der Waals surface area contributed by atoms with Gasteiger partial charge in [-0.25, -0.2) is 0 Å². The molecule has 0 saturated carbocycles. The van der Waals surface area contributed by atoms with E-state index in [0.29, 0.717) is 27.8 Å². The van der Waals surface area contributed by atoms with Crippen molar-refractivity contribution in [1.82, 2.24) is 10.2 Å². The third-order valence-corrected chi connectivity index (χ3v) is 6.89. The summed E-state index contributed by atoms with van der Waals surface area (Å²) >= 11 is 14.3. The average molecular weight is 481 g/mol. The van der Waals surface area contributed by atoms with Gasteiger partial charge in [-0.05, 0) is 51.5 Å². The predicted molar refractivity (Wildman–Crippen MR) is 131 cm³/mol. The van der Waals surface area contributed by atoms with Crippen LogP contribution in [0.5, 0.6) is 0 Å². The Labute approximate surface area is 199 Å². The minimum Gasteiger partial charge on any atom is -0.352 e. The molecule has 2 aromatic carbocycles. The number of halogens is 2. The molecule has 0 aliphatic rings. The van der Waals surface area contributed by atoms with E-state index in [9.17, 15) is 9.59 Å². The summed E-state index contributed by atoms with van der Waals surface area (Å²) in [6.07, 6.45) is 1.12. The van der Waals surface area contributed by atoms with E-state index >= 15 is 0 Å². The third kappa shape index (κ3) is 7.74. The van der Waals surface area contributed by atoms with Crippen molar-refractivity contribution < 1.29 is 9.59 Å². The molecule has 2 amide bonds. The molecule has 0 saturated heterocycles. The summed E-state index contributed by atoms with van der Waals surface area (Å²) in [7, 11) is 0. The fraction of sp³-hybridized carbons (Fsp3) is 0.417. The molecule has 7 heteroatoms. The Balaban J connectivity index is 2.14. The van der Waals surface area contributed by atoms with E-state index in [2.05, 4.69) is 17.4 Å². The number of nitrogens with one attached hydrogen (secondary N) is 1. The number of hydrogen-bond acceptors (Lipinski definition) is 3. The van der Waals surface area contributed by atoms with Crippen molar-refractivity contribution in [3.63, 3.8) is 0 Å². The lowest BCUT2D eigenvalue weighted by Gasteiger charge is -2.30.